The number of primary amides is 1. The molecule has 22 heavy (non-hydrogen) atoms. The number of unbranched alkanes of at least 4 members (excludes halogenated alkanes) is 1. The van der Waals surface area contributed by atoms with Gasteiger partial charge in [-0.1, -0.05) is 11.6 Å². The standard InChI is InChI=1S/C15H22ClN3O3/c1-10-9-12(16)5-6-13(10)22-11(2)14(20)18-7-3-4-8-19-15(17)21/h5-6,9,11H,3-4,7-8H2,1-2H3,(H,18,20)(H3,17,19,21)/t11-/m0/s1. The van der Waals surface area contributed by atoms with Crippen LogP contribution in [0.1, 0.15) is 25.3 Å². The van der Waals surface area contributed by atoms with E-state index >= 15 is 0 Å². The molecule has 0 radical (unpaired) electrons. The van der Waals surface area contributed by atoms with Gasteiger partial charge in [0, 0.05) is 18.1 Å². The number of hydrogen-bond donors (Lipinski definition) is 3. The first kappa shape index (κ1) is 18.1. The number of nitrogens with one attached hydrogen (secondary N) is 2. The molecule has 0 saturated heterocycles. The second-order valence-corrected chi connectivity index (χ2v) is 5.40. The van der Waals surface area contributed by atoms with E-state index in [0.29, 0.717) is 23.9 Å². The van der Waals surface area contributed by atoms with Crippen molar-refractivity contribution in [3.05, 3.63) is 28.8 Å². The molecule has 7 heteroatoms. The predicted molar refractivity (Wildman–Crippen MR) is 86.1 cm³/mol. The van der Waals surface area contributed by atoms with Crippen LogP contribution in [-0.4, -0.2) is 31.1 Å². The van der Waals surface area contributed by atoms with Crippen LogP contribution in [0.15, 0.2) is 18.2 Å². The molecule has 0 bridgehead atoms. The molecule has 4 N–H and O–H groups in total. The lowest BCUT2D eigenvalue weighted by Crippen LogP contribution is -2.37. The SMILES string of the molecule is Cc1cc(Cl)ccc1O[C@@H](C)C(=O)NCCCCNC(N)=O. The van der Waals surface area contributed by atoms with Crippen molar-refractivity contribution >= 4 is 23.5 Å². The Hall–Kier alpha value is -1.95. The summed E-state index contributed by atoms with van der Waals surface area (Å²) in [6, 6.07) is 4.72. The fourth-order valence-electron chi connectivity index (χ4n) is 1.81. The molecule has 1 atom stereocenters. The first-order valence-corrected chi connectivity index (χ1v) is 7.51. The Morgan fingerprint density at radius 2 is 1.91 bits per heavy atom. The van der Waals surface area contributed by atoms with E-state index in [2.05, 4.69) is 10.6 Å². The summed E-state index contributed by atoms with van der Waals surface area (Å²) in [4.78, 5) is 22.4. The minimum Gasteiger partial charge on any atom is -0.481 e. The number of amides is 3. The van der Waals surface area contributed by atoms with Gasteiger partial charge >= 0.3 is 6.03 Å². The molecule has 0 aliphatic heterocycles. The molecule has 0 spiro atoms. The van der Waals surface area contributed by atoms with Crippen molar-refractivity contribution in [2.24, 2.45) is 5.73 Å². The first-order chi connectivity index (χ1) is 10.4. The van der Waals surface area contributed by atoms with E-state index in [9.17, 15) is 9.59 Å². The smallest absolute Gasteiger partial charge is 0.312 e. The topological polar surface area (TPSA) is 93.4 Å². The number of carbonyl (C=O) groups is 2. The second kappa shape index (κ2) is 9.15. The van der Waals surface area contributed by atoms with Gasteiger partial charge in [-0.2, -0.15) is 0 Å². The van der Waals surface area contributed by atoms with Crippen LogP contribution in [0.4, 0.5) is 4.79 Å². The van der Waals surface area contributed by atoms with E-state index in [4.69, 9.17) is 22.1 Å². The number of rotatable bonds is 8. The fourth-order valence-corrected chi connectivity index (χ4v) is 2.03. The summed E-state index contributed by atoms with van der Waals surface area (Å²) in [5, 5.41) is 5.91. The summed E-state index contributed by atoms with van der Waals surface area (Å²) in [5.41, 5.74) is 5.82. The van der Waals surface area contributed by atoms with E-state index in [1.54, 1.807) is 25.1 Å². The maximum Gasteiger partial charge on any atom is 0.312 e. The lowest BCUT2D eigenvalue weighted by molar-refractivity contribution is -0.127. The Labute approximate surface area is 135 Å². The Bertz CT molecular complexity index is 523. The number of aryl methyl sites for hydroxylation is 1. The van der Waals surface area contributed by atoms with Gasteiger partial charge in [0.1, 0.15) is 5.75 Å². The van der Waals surface area contributed by atoms with Crippen molar-refractivity contribution < 1.29 is 14.3 Å². The molecular weight excluding hydrogens is 306 g/mol. The Kier molecular flexibility index (Phi) is 7.52. The quantitative estimate of drug-likeness (QED) is 0.637. The van der Waals surface area contributed by atoms with Crippen LogP contribution in [-0.2, 0) is 4.79 Å². The number of urea groups is 1. The molecule has 1 rings (SSSR count). The van der Waals surface area contributed by atoms with Gasteiger partial charge in [0.15, 0.2) is 6.10 Å². The molecule has 3 amide bonds. The van der Waals surface area contributed by atoms with Gasteiger partial charge in [-0.3, -0.25) is 4.79 Å². The number of hydrogen-bond acceptors (Lipinski definition) is 3. The summed E-state index contributed by atoms with van der Waals surface area (Å²) >= 11 is 5.88. The van der Waals surface area contributed by atoms with Crippen LogP contribution in [0, 0.1) is 6.92 Å². The van der Waals surface area contributed by atoms with Crippen molar-refractivity contribution in [1.29, 1.82) is 0 Å². The molecule has 0 saturated carbocycles. The molecule has 0 fully saturated rings. The summed E-state index contributed by atoms with van der Waals surface area (Å²) in [5.74, 6) is 0.454. The van der Waals surface area contributed by atoms with E-state index in [1.165, 1.54) is 0 Å². The van der Waals surface area contributed by atoms with E-state index in [1.807, 2.05) is 6.92 Å². The van der Waals surface area contributed by atoms with Crippen LogP contribution in [0.5, 0.6) is 5.75 Å². The highest BCUT2D eigenvalue weighted by molar-refractivity contribution is 6.30. The van der Waals surface area contributed by atoms with Gasteiger partial charge in [0.05, 0.1) is 0 Å². The minimum atomic E-state index is -0.594. The number of carbonyl (C=O) groups excluding carboxylic acids is 2. The summed E-state index contributed by atoms with van der Waals surface area (Å²) < 4.78 is 5.63. The average molecular weight is 328 g/mol. The predicted octanol–water partition coefficient (Wildman–Crippen LogP) is 1.98. The molecule has 0 aromatic heterocycles. The minimum absolute atomic E-state index is 0.183. The van der Waals surface area contributed by atoms with Crippen LogP contribution in [0.3, 0.4) is 0 Å². The van der Waals surface area contributed by atoms with E-state index < -0.39 is 12.1 Å². The molecule has 6 nitrogen and oxygen atoms in total. The first-order valence-electron chi connectivity index (χ1n) is 7.14. The van der Waals surface area contributed by atoms with Crippen molar-refractivity contribution in [3.8, 4) is 5.75 Å². The molecule has 1 aromatic rings. The van der Waals surface area contributed by atoms with Crippen LogP contribution >= 0.6 is 11.6 Å². The molecule has 0 aliphatic carbocycles. The molecule has 1 aromatic carbocycles. The molecule has 0 aliphatic rings. The van der Waals surface area contributed by atoms with E-state index in [-0.39, 0.29) is 5.91 Å². The van der Waals surface area contributed by atoms with Crippen molar-refractivity contribution in [1.82, 2.24) is 10.6 Å². The van der Waals surface area contributed by atoms with Crippen LogP contribution in [0.2, 0.25) is 5.02 Å². The number of benzene rings is 1. The summed E-state index contributed by atoms with van der Waals surface area (Å²) in [6.07, 6.45) is 0.900. The number of ether oxygens (including phenoxy) is 1. The lowest BCUT2D eigenvalue weighted by Gasteiger charge is -2.16. The number of halogens is 1. The largest absolute Gasteiger partial charge is 0.481 e. The Morgan fingerprint density at radius 1 is 1.27 bits per heavy atom. The Morgan fingerprint density at radius 3 is 2.50 bits per heavy atom. The zero-order valence-electron chi connectivity index (χ0n) is 12.8. The number of nitrogens with two attached hydrogens (primary N) is 1. The average Bonchev–Trinajstić information content (AvgIpc) is 2.45. The van der Waals surface area contributed by atoms with Gasteiger partial charge in [0.25, 0.3) is 5.91 Å². The lowest BCUT2D eigenvalue weighted by atomic mass is 10.2. The van der Waals surface area contributed by atoms with Crippen molar-refractivity contribution in [2.45, 2.75) is 32.8 Å². The highest BCUT2D eigenvalue weighted by Gasteiger charge is 2.15. The third-order valence-corrected chi connectivity index (χ3v) is 3.25. The Balaban J connectivity index is 2.28. The summed E-state index contributed by atoms with van der Waals surface area (Å²) in [6.45, 7) is 4.59. The fraction of sp³-hybridized carbons (Fsp3) is 0.467. The second-order valence-electron chi connectivity index (χ2n) is 4.96. The van der Waals surface area contributed by atoms with Crippen LogP contribution < -0.4 is 21.1 Å². The third kappa shape index (κ3) is 6.67. The maximum atomic E-state index is 11.9. The zero-order valence-corrected chi connectivity index (χ0v) is 13.6. The third-order valence-electron chi connectivity index (χ3n) is 3.01. The van der Waals surface area contributed by atoms with Gasteiger partial charge in [0.2, 0.25) is 0 Å². The highest BCUT2D eigenvalue weighted by Crippen LogP contribution is 2.22. The van der Waals surface area contributed by atoms with Gasteiger partial charge < -0.3 is 21.1 Å². The van der Waals surface area contributed by atoms with Crippen molar-refractivity contribution in [3.63, 3.8) is 0 Å². The normalized spacial score (nSPS) is 11.6. The zero-order chi connectivity index (χ0) is 16.5. The maximum absolute atomic E-state index is 11.9. The highest BCUT2D eigenvalue weighted by atomic mass is 35.5. The van der Waals surface area contributed by atoms with Gasteiger partial charge in [-0.05, 0) is 50.5 Å². The molecule has 122 valence electrons. The van der Waals surface area contributed by atoms with Crippen LogP contribution in [0.25, 0.3) is 0 Å². The van der Waals surface area contributed by atoms with Crippen molar-refractivity contribution in [2.75, 3.05) is 13.1 Å². The van der Waals surface area contributed by atoms with E-state index in [0.717, 1.165) is 18.4 Å². The molecule has 0 heterocycles. The van der Waals surface area contributed by atoms with Gasteiger partial charge in [-0.15, -0.1) is 0 Å². The monoisotopic (exact) mass is 327 g/mol. The summed E-state index contributed by atoms with van der Waals surface area (Å²) in [7, 11) is 0. The van der Waals surface area contributed by atoms with Gasteiger partial charge in [-0.25, -0.2) is 4.79 Å². The molecular formula is C15H22ClN3O3. The molecule has 0 unspecified atom stereocenters.